The molecule has 3 rings (SSSR count). The summed E-state index contributed by atoms with van der Waals surface area (Å²) in [5.41, 5.74) is 0.732. The molecule has 3 N–H and O–H groups in total. The molecule has 0 aromatic heterocycles. The van der Waals surface area contributed by atoms with Crippen LogP contribution >= 0.6 is 0 Å². The van der Waals surface area contributed by atoms with Gasteiger partial charge in [-0.05, 0) is 17.7 Å². The molecule has 0 amide bonds. The highest BCUT2D eigenvalue weighted by atomic mass is 16.3. The highest BCUT2D eigenvalue weighted by molar-refractivity contribution is 6.26. The van der Waals surface area contributed by atoms with Crippen LogP contribution in [0.1, 0.15) is 26.3 Å². The maximum absolute atomic E-state index is 12.4. The average molecular weight is 295 g/mol. The van der Waals surface area contributed by atoms with Crippen molar-refractivity contribution in [2.24, 2.45) is 0 Å². The number of Topliss-reactive ketones (excluding diaryl/α,β-unsaturated/α-hetero) is 1. The molecule has 0 spiro atoms. The van der Waals surface area contributed by atoms with Crippen molar-refractivity contribution in [1.29, 1.82) is 0 Å². The predicted octanol–water partition coefficient (Wildman–Crippen LogP) is 2.15. The number of allylic oxidation sites excluding steroid dienone is 2. The van der Waals surface area contributed by atoms with Gasteiger partial charge in [0.2, 0.25) is 5.78 Å². The largest absolute Gasteiger partial charge is 0.507 e. The van der Waals surface area contributed by atoms with E-state index in [1.165, 1.54) is 12.1 Å². The van der Waals surface area contributed by atoms with E-state index in [0.29, 0.717) is 6.54 Å². The van der Waals surface area contributed by atoms with Gasteiger partial charge >= 0.3 is 0 Å². The summed E-state index contributed by atoms with van der Waals surface area (Å²) in [5.74, 6) is -1.67. The molecule has 0 saturated heterocycles. The number of rotatable bonds is 3. The van der Waals surface area contributed by atoms with Crippen LogP contribution in [0, 0.1) is 0 Å². The fourth-order valence-corrected chi connectivity index (χ4v) is 2.39. The number of hydrogen-bond acceptors (Lipinski definition) is 5. The first kappa shape index (κ1) is 13.9. The molecule has 0 unspecified atom stereocenters. The van der Waals surface area contributed by atoms with Gasteiger partial charge in [0.1, 0.15) is 11.5 Å². The maximum Gasteiger partial charge on any atom is 0.213 e. The number of aromatic hydroxyl groups is 2. The minimum atomic E-state index is -0.515. The molecule has 2 aromatic carbocycles. The highest BCUT2D eigenvalue weighted by Crippen LogP contribution is 2.34. The summed E-state index contributed by atoms with van der Waals surface area (Å²) < 4.78 is 0. The lowest BCUT2D eigenvalue weighted by molar-refractivity contribution is 0.0973. The highest BCUT2D eigenvalue weighted by Gasteiger charge is 2.30. The smallest absolute Gasteiger partial charge is 0.213 e. The molecule has 0 saturated carbocycles. The van der Waals surface area contributed by atoms with E-state index in [1.807, 2.05) is 30.3 Å². The number of phenols is 2. The topological polar surface area (TPSA) is 86.6 Å². The van der Waals surface area contributed by atoms with Gasteiger partial charge in [-0.1, -0.05) is 30.3 Å². The van der Waals surface area contributed by atoms with Crippen LogP contribution in [0.5, 0.6) is 11.5 Å². The fourth-order valence-electron chi connectivity index (χ4n) is 2.39. The normalized spacial score (nSPS) is 13.5. The van der Waals surface area contributed by atoms with Crippen molar-refractivity contribution in [3.8, 4) is 11.5 Å². The van der Waals surface area contributed by atoms with Gasteiger partial charge in [-0.25, -0.2) is 0 Å². The Morgan fingerprint density at radius 3 is 2.18 bits per heavy atom. The van der Waals surface area contributed by atoms with Crippen LogP contribution in [0.3, 0.4) is 0 Å². The van der Waals surface area contributed by atoms with Crippen molar-refractivity contribution < 1.29 is 19.8 Å². The van der Waals surface area contributed by atoms with Gasteiger partial charge in [0, 0.05) is 12.6 Å². The number of nitrogens with one attached hydrogen (secondary N) is 1. The summed E-state index contributed by atoms with van der Waals surface area (Å²) in [7, 11) is 0. The first-order valence-electron chi connectivity index (χ1n) is 6.71. The van der Waals surface area contributed by atoms with Crippen molar-refractivity contribution >= 4 is 11.6 Å². The average Bonchev–Trinajstić information content (AvgIpc) is 2.52. The van der Waals surface area contributed by atoms with Crippen LogP contribution < -0.4 is 5.32 Å². The third-order valence-corrected chi connectivity index (χ3v) is 3.48. The minimum absolute atomic E-state index is 0.0993. The van der Waals surface area contributed by atoms with Crippen molar-refractivity contribution in [3.63, 3.8) is 0 Å². The van der Waals surface area contributed by atoms with Crippen LogP contribution in [0.2, 0.25) is 0 Å². The van der Waals surface area contributed by atoms with Crippen LogP contribution in [0.4, 0.5) is 0 Å². The molecule has 0 aliphatic heterocycles. The Morgan fingerprint density at radius 1 is 0.864 bits per heavy atom. The molecule has 5 nitrogen and oxygen atoms in total. The summed E-state index contributed by atoms with van der Waals surface area (Å²) in [6.07, 6.45) is 1.15. The van der Waals surface area contributed by atoms with Crippen molar-refractivity contribution in [2.75, 3.05) is 0 Å². The SMILES string of the molecule is O=C1C=C(NCc2ccccc2)C(=O)c2c(O)ccc(O)c21. The van der Waals surface area contributed by atoms with Crippen LogP contribution in [0.15, 0.2) is 54.2 Å². The Kier molecular flexibility index (Phi) is 3.39. The summed E-state index contributed by atoms with van der Waals surface area (Å²) in [6, 6.07) is 11.8. The second-order valence-electron chi connectivity index (χ2n) is 4.94. The van der Waals surface area contributed by atoms with E-state index in [4.69, 9.17) is 0 Å². The van der Waals surface area contributed by atoms with E-state index < -0.39 is 11.6 Å². The summed E-state index contributed by atoms with van der Waals surface area (Å²) in [4.78, 5) is 24.5. The molecule has 0 fully saturated rings. The van der Waals surface area contributed by atoms with Crippen molar-refractivity contribution in [1.82, 2.24) is 5.32 Å². The quantitative estimate of drug-likeness (QED) is 0.755. The van der Waals surface area contributed by atoms with Gasteiger partial charge in [-0.3, -0.25) is 9.59 Å². The molecule has 0 bridgehead atoms. The van der Waals surface area contributed by atoms with Crippen LogP contribution in [0.25, 0.3) is 0 Å². The number of fused-ring (bicyclic) bond motifs is 1. The van der Waals surface area contributed by atoms with Gasteiger partial charge in [-0.2, -0.15) is 0 Å². The Hall–Kier alpha value is -3.08. The summed E-state index contributed by atoms with van der Waals surface area (Å²) in [6.45, 7) is 0.376. The Balaban J connectivity index is 1.91. The number of hydrogen-bond donors (Lipinski definition) is 3. The number of ketones is 2. The molecular formula is C17H13NO4. The number of carbonyl (C=O) groups is 2. The molecule has 0 radical (unpaired) electrons. The Labute approximate surface area is 126 Å². The first-order valence-corrected chi connectivity index (χ1v) is 6.71. The zero-order valence-electron chi connectivity index (χ0n) is 11.5. The van der Waals surface area contributed by atoms with E-state index in [0.717, 1.165) is 11.6 Å². The molecule has 22 heavy (non-hydrogen) atoms. The zero-order chi connectivity index (χ0) is 15.7. The number of phenolic OH excluding ortho intramolecular Hbond substituents is 2. The van der Waals surface area contributed by atoms with Crippen molar-refractivity contribution in [3.05, 3.63) is 70.9 Å². The molecule has 1 aliphatic rings. The Bertz CT molecular complexity index is 794. The minimum Gasteiger partial charge on any atom is -0.507 e. The van der Waals surface area contributed by atoms with E-state index >= 15 is 0 Å². The molecule has 5 heteroatoms. The lowest BCUT2D eigenvalue weighted by Crippen LogP contribution is -2.26. The lowest BCUT2D eigenvalue weighted by atomic mass is 9.91. The summed E-state index contributed by atoms with van der Waals surface area (Å²) in [5, 5.41) is 22.5. The second kappa shape index (κ2) is 5.37. The van der Waals surface area contributed by atoms with E-state index in [1.54, 1.807) is 0 Å². The maximum atomic E-state index is 12.4. The van der Waals surface area contributed by atoms with E-state index in [-0.39, 0.29) is 28.3 Å². The van der Waals surface area contributed by atoms with E-state index in [2.05, 4.69) is 5.32 Å². The van der Waals surface area contributed by atoms with Gasteiger partial charge < -0.3 is 15.5 Å². The van der Waals surface area contributed by atoms with Crippen molar-refractivity contribution in [2.45, 2.75) is 6.54 Å². The molecule has 0 atom stereocenters. The summed E-state index contributed by atoms with van der Waals surface area (Å²) >= 11 is 0. The van der Waals surface area contributed by atoms with E-state index in [9.17, 15) is 19.8 Å². The molecule has 1 aliphatic carbocycles. The van der Waals surface area contributed by atoms with Gasteiger partial charge in [0.15, 0.2) is 5.78 Å². The Morgan fingerprint density at radius 2 is 1.50 bits per heavy atom. The molecule has 110 valence electrons. The standard InChI is InChI=1S/C17H13NO4/c19-12-6-7-13(20)16-15(12)14(21)8-11(17(16)22)18-9-10-4-2-1-3-5-10/h1-8,18-20H,9H2. The lowest BCUT2D eigenvalue weighted by Gasteiger charge is -2.18. The molecule has 2 aromatic rings. The third-order valence-electron chi connectivity index (χ3n) is 3.48. The van der Waals surface area contributed by atoms with Gasteiger partial charge in [-0.15, -0.1) is 0 Å². The second-order valence-corrected chi connectivity index (χ2v) is 4.94. The monoisotopic (exact) mass is 295 g/mol. The third kappa shape index (κ3) is 2.33. The molecular weight excluding hydrogens is 282 g/mol. The van der Waals surface area contributed by atoms with Gasteiger partial charge in [0.05, 0.1) is 16.8 Å². The fraction of sp³-hybridized carbons (Fsp3) is 0.0588. The number of carbonyl (C=O) groups excluding carboxylic acids is 2. The number of benzene rings is 2. The first-order chi connectivity index (χ1) is 10.6. The predicted molar refractivity (Wildman–Crippen MR) is 79.8 cm³/mol. The molecule has 0 heterocycles. The zero-order valence-corrected chi connectivity index (χ0v) is 11.5. The van der Waals surface area contributed by atoms with Gasteiger partial charge in [0.25, 0.3) is 0 Å². The van der Waals surface area contributed by atoms with Crippen LogP contribution in [-0.2, 0) is 6.54 Å². The van der Waals surface area contributed by atoms with Crippen LogP contribution in [-0.4, -0.2) is 21.8 Å².